The van der Waals surface area contributed by atoms with Gasteiger partial charge in [0.15, 0.2) is 11.5 Å². The van der Waals surface area contributed by atoms with Crippen molar-refractivity contribution in [3.05, 3.63) is 82.3 Å². The summed E-state index contributed by atoms with van der Waals surface area (Å²) < 4.78 is 48.6. The number of rotatable bonds is 6. The summed E-state index contributed by atoms with van der Waals surface area (Å²) in [5.74, 6) is 0.982. The van der Waals surface area contributed by atoms with Gasteiger partial charge in [-0.15, -0.1) is 0 Å². The highest BCUT2D eigenvalue weighted by Crippen LogP contribution is 2.66. The minimum absolute atomic E-state index is 0.190. The number of methoxy groups -OCH3 is 1. The van der Waals surface area contributed by atoms with E-state index >= 15 is 0 Å². The Hall–Kier alpha value is -3.60. The van der Waals surface area contributed by atoms with Gasteiger partial charge >= 0.3 is 0 Å². The second-order valence-corrected chi connectivity index (χ2v) is 15.0. The number of furan rings is 1. The molecule has 3 aromatic rings. The third-order valence-electron chi connectivity index (χ3n) is 10.8. The van der Waals surface area contributed by atoms with E-state index in [1.807, 2.05) is 45.0 Å². The van der Waals surface area contributed by atoms with E-state index in [9.17, 15) is 18.3 Å². The summed E-state index contributed by atoms with van der Waals surface area (Å²) in [5.41, 5.74) is 2.71. The highest BCUT2D eigenvalue weighted by Gasteiger charge is 2.73. The number of aliphatic hydroxyl groups is 1. The summed E-state index contributed by atoms with van der Waals surface area (Å²) in [7, 11) is -0.597. The van der Waals surface area contributed by atoms with Gasteiger partial charge in [-0.2, -0.15) is 4.31 Å². The average molecular weight is 633 g/mol. The monoisotopic (exact) mass is 632 g/mol. The molecule has 45 heavy (non-hydrogen) atoms. The predicted molar refractivity (Wildman–Crippen MR) is 169 cm³/mol. The number of carbonyl (C=O) groups excluding carboxylic acids is 1. The maximum absolute atomic E-state index is 14.6. The summed E-state index contributed by atoms with van der Waals surface area (Å²) >= 11 is 0. The molecule has 9 nitrogen and oxygen atoms in total. The van der Waals surface area contributed by atoms with Gasteiger partial charge in [0.05, 0.1) is 47.6 Å². The van der Waals surface area contributed by atoms with E-state index in [0.717, 1.165) is 22.3 Å². The van der Waals surface area contributed by atoms with E-state index in [1.54, 1.807) is 48.0 Å². The third kappa shape index (κ3) is 4.18. The summed E-state index contributed by atoms with van der Waals surface area (Å²) in [6, 6.07) is 8.38. The molecule has 1 aromatic heterocycles. The Balaban J connectivity index is 1.35. The number of aryl methyl sites for hydroxylation is 3. The molecule has 0 radical (unpaired) electrons. The molecule has 2 aromatic carbocycles. The molecule has 4 aliphatic rings. The molecular weight excluding hydrogens is 592 g/mol. The van der Waals surface area contributed by atoms with Gasteiger partial charge in [-0.3, -0.25) is 4.79 Å². The number of ether oxygens (including phenoxy) is 2. The van der Waals surface area contributed by atoms with E-state index in [1.165, 1.54) is 6.08 Å². The molecule has 3 heterocycles. The maximum atomic E-state index is 14.6. The van der Waals surface area contributed by atoms with Gasteiger partial charge in [-0.05, 0) is 87.8 Å². The Bertz CT molecular complexity index is 1790. The zero-order valence-corrected chi connectivity index (χ0v) is 27.2. The second kappa shape index (κ2) is 10.5. The first-order valence-corrected chi connectivity index (χ1v) is 17.0. The van der Waals surface area contributed by atoms with Crippen LogP contribution in [0, 0.1) is 20.8 Å². The molecule has 5 atom stereocenters. The molecule has 2 bridgehead atoms. The lowest BCUT2D eigenvalue weighted by Gasteiger charge is -2.59. The quantitative estimate of drug-likeness (QED) is 0.393. The van der Waals surface area contributed by atoms with Gasteiger partial charge in [0.1, 0.15) is 6.10 Å². The SMILES string of the molecule is COc1ccc2c3c1O[C@H]1[C@H](N(C)C(=O)/C=C\c4ccoc4)CC[C@@]4(O)[C@@H](C2)N(S(=O)(=O)c2c(C)cc(C)cc2C)CCC[C@]314. The van der Waals surface area contributed by atoms with Crippen molar-refractivity contribution in [2.75, 3.05) is 20.7 Å². The summed E-state index contributed by atoms with van der Waals surface area (Å²) in [6.45, 7) is 5.93. The summed E-state index contributed by atoms with van der Waals surface area (Å²) in [5, 5.41) is 13.1. The number of carbonyl (C=O) groups is 1. The van der Waals surface area contributed by atoms with Gasteiger partial charge in [-0.1, -0.05) is 23.8 Å². The predicted octanol–water partition coefficient (Wildman–Crippen LogP) is 4.69. The Morgan fingerprint density at radius 1 is 1.16 bits per heavy atom. The molecule has 2 aliphatic carbocycles. The van der Waals surface area contributed by atoms with Crippen LogP contribution in [0.15, 0.2) is 58.2 Å². The molecule has 1 spiro atoms. The van der Waals surface area contributed by atoms with Crippen LogP contribution in [-0.4, -0.2) is 73.1 Å². The Morgan fingerprint density at radius 2 is 1.91 bits per heavy atom. The molecule has 1 N–H and O–H groups in total. The zero-order valence-electron chi connectivity index (χ0n) is 26.4. The number of sulfonamides is 1. The van der Waals surface area contributed by atoms with Crippen molar-refractivity contribution >= 4 is 22.0 Å². The first kappa shape index (κ1) is 30.1. The van der Waals surface area contributed by atoms with E-state index in [0.29, 0.717) is 59.6 Å². The molecule has 1 amide bonds. The summed E-state index contributed by atoms with van der Waals surface area (Å²) in [6.07, 6.45) is 7.94. The van der Waals surface area contributed by atoms with E-state index in [-0.39, 0.29) is 18.5 Å². The van der Waals surface area contributed by atoms with E-state index < -0.39 is 33.2 Å². The lowest BCUT2D eigenvalue weighted by Crippen LogP contribution is -2.74. The standard InChI is InChI=1S/C35H40N2O7S/c1-21-17-22(2)32(23(3)18-21)45(40,41)37-15-6-13-34-30-25-8-9-27(42-5)31(30)44-33(34)26(11-14-35(34,39)28(37)19-25)36(4)29(38)10-7-24-12-16-43-20-24/h7-10,12,16-18,20,26,28,33,39H,6,11,13-15,19H2,1-5H3/b10-7-/t26-,28-,33+,34+,35-/m1/s1. The van der Waals surface area contributed by atoms with Crippen LogP contribution in [0.1, 0.15) is 59.1 Å². The maximum Gasteiger partial charge on any atom is 0.246 e. The molecular formula is C35H40N2O7S. The highest BCUT2D eigenvalue weighted by atomic mass is 32.2. The molecule has 0 unspecified atom stereocenters. The van der Waals surface area contributed by atoms with Crippen molar-refractivity contribution in [2.24, 2.45) is 0 Å². The van der Waals surface area contributed by atoms with Crippen LogP contribution < -0.4 is 9.47 Å². The Kier molecular flexibility index (Phi) is 7.00. The number of hydrogen-bond donors (Lipinski definition) is 1. The minimum atomic E-state index is -3.97. The fourth-order valence-corrected chi connectivity index (χ4v) is 11.2. The van der Waals surface area contributed by atoms with E-state index in [4.69, 9.17) is 13.9 Å². The van der Waals surface area contributed by atoms with Gasteiger partial charge < -0.3 is 23.9 Å². The normalized spacial score (nSPS) is 28.8. The molecule has 1 saturated heterocycles. The highest BCUT2D eigenvalue weighted by molar-refractivity contribution is 7.89. The van der Waals surface area contributed by atoms with Crippen LogP contribution >= 0.6 is 0 Å². The molecule has 2 aliphatic heterocycles. The molecule has 238 valence electrons. The minimum Gasteiger partial charge on any atom is -0.493 e. The van der Waals surface area contributed by atoms with Crippen molar-refractivity contribution in [3.63, 3.8) is 0 Å². The second-order valence-electron chi connectivity index (χ2n) is 13.2. The van der Waals surface area contributed by atoms with Crippen LogP contribution in [0.2, 0.25) is 0 Å². The Morgan fingerprint density at radius 3 is 2.60 bits per heavy atom. The average Bonchev–Trinajstić information content (AvgIpc) is 3.62. The lowest BCUT2D eigenvalue weighted by molar-refractivity contribution is -0.164. The molecule has 10 heteroatoms. The topological polar surface area (TPSA) is 110 Å². The number of amides is 1. The fourth-order valence-electron chi connectivity index (χ4n) is 9.05. The Labute approximate surface area is 264 Å². The van der Waals surface area contributed by atoms with Gasteiger partial charge in [-0.25, -0.2) is 8.42 Å². The van der Waals surface area contributed by atoms with Gasteiger partial charge in [0.2, 0.25) is 15.9 Å². The van der Waals surface area contributed by atoms with Gasteiger partial charge in [0, 0.05) is 30.8 Å². The number of benzene rings is 2. The van der Waals surface area contributed by atoms with Crippen molar-refractivity contribution in [1.29, 1.82) is 0 Å². The van der Waals surface area contributed by atoms with Gasteiger partial charge in [0.25, 0.3) is 0 Å². The summed E-state index contributed by atoms with van der Waals surface area (Å²) in [4.78, 5) is 15.5. The lowest BCUT2D eigenvalue weighted by atomic mass is 9.50. The van der Waals surface area contributed by atoms with E-state index in [2.05, 4.69) is 0 Å². The van der Waals surface area contributed by atoms with Crippen LogP contribution in [0.25, 0.3) is 6.08 Å². The number of nitrogens with zero attached hydrogens (tertiary/aromatic N) is 2. The van der Waals surface area contributed by atoms with Crippen LogP contribution in [0.5, 0.6) is 11.5 Å². The van der Waals surface area contributed by atoms with Crippen molar-refractivity contribution in [3.8, 4) is 11.5 Å². The molecule has 1 saturated carbocycles. The zero-order chi connectivity index (χ0) is 31.9. The van der Waals surface area contributed by atoms with Crippen molar-refractivity contribution in [2.45, 2.75) is 87.0 Å². The van der Waals surface area contributed by atoms with Crippen molar-refractivity contribution in [1.82, 2.24) is 9.21 Å². The largest absolute Gasteiger partial charge is 0.493 e. The first-order valence-electron chi connectivity index (χ1n) is 15.6. The van der Waals surface area contributed by atoms with Crippen molar-refractivity contribution < 1.29 is 32.2 Å². The number of likely N-dealkylation sites (N-methyl/N-ethyl adjacent to an activating group) is 1. The smallest absolute Gasteiger partial charge is 0.246 e. The van der Waals surface area contributed by atoms with Crippen LogP contribution in [0.4, 0.5) is 0 Å². The fraction of sp³-hybridized carbons (Fsp3) is 0.457. The molecule has 7 rings (SSSR count). The number of hydrogen-bond acceptors (Lipinski definition) is 7. The van der Waals surface area contributed by atoms with Crippen LogP contribution in [0.3, 0.4) is 0 Å². The molecule has 2 fully saturated rings. The van der Waals surface area contributed by atoms with Crippen LogP contribution in [-0.2, 0) is 26.7 Å². The first-order chi connectivity index (χ1) is 21.4. The third-order valence-corrected chi connectivity index (χ3v) is 13.0.